The third kappa shape index (κ3) is 4.55. The van der Waals surface area contributed by atoms with Crippen molar-refractivity contribution in [2.75, 3.05) is 0 Å². The second-order valence-corrected chi connectivity index (χ2v) is 5.44. The zero-order valence-electron chi connectivity index (χ0n) is 11.8. The third-order valence-corrected chi connectivity index (χ3v) is 3.50. The summed E-state index contributed by atoms with van der Waals surface area (Å²) < 4.78 is 0. The number of nitro groups is 1. The molecule has 0 aliphatic heterocycles. The second kappa shape index (κ2) is 7.20. The fourth-order valence-electron chi connectivity index (χ4n) is 2.21. The molecule has 0 fully saturated rings. The van der Waals surface area contributed by atoms with Crippen molar-refractivity contribution in [1.29, 1.82) is 0 Å². The van der Waals surface area contributed by atoms with Gasteiger partial charge in [0.15, 0.2) is 0 Å². The Bertz CT molecular complexity index is 631. The van der Waals surface area contributed by atoms with Crippen LogP contribution in [0.4, 0.5) is 5.69 Å². The Morgan fingerprint density at radius 2 is 2.00 bits per heavy atom. The highest BCUT2D eigenvalue weighted by Crippen LogP contribution is 2.18. The monoisotopic (exact) mass is 304 g/mol. The van der Waals surface area contributed by atoms with Gasteiger partial charge in [-0.15, -0.1) is 0 Å². The smallest absolute Gasteiger partial charge is 0.273 e. The van der Waals surface area contributed by atoms with Crippen LogP contribution in [0.3, 0.4) is 0 Å². The zero-order valence-corrected chi connectivity index (χ0v) is 12.5. The van der Waals surface area contributed by atoms with E-state index in [9.17, 15) is 10.1 Å². The van der Waals surface area contributed by atoms with Gasteiger partial charge in [-0.3, -0.25) is 10.1 Å². The Kier molecular flexibility index (Phi) is 5.31. The quantitative estimate of drug-likeness (QED) is 0.649. The molecule has 0 radical (unpaired) electrons. The summed E-state index contributed by atoms with van der Waals surface area (Å²) in [5, 5.41) is 15.0. The molecule has 2 aromatic carbocycles. The number of nitrogens with zero attached hydrogens (tertiary/aromatic N) is 1. The third-order valence-electron chi connectivity index (χ3n) is 3.26. The van der Waals surface area contributed by atoms with E-state index in [0.29, 0.717) is 12.1 Å². The molecule has 110 valence electrons. The van der Waals surface area contributed by atoms with Crippen LogP contribution in [-0.2, 0) is 13.0 Å². The summed E-state index contributed by atoms with van der Waals surface area (Å²) in [4.78, 5) is 10.6. The van der Waals surface area contributed by atoms with Gasteiger partial charge >= 0.3 is 0 Å². The minimum atomic E-state index is -0.349. The number of hydrogen-bond acceptors (Lipinski definition) is 3. The molecule has 2 rings (SSSR count). The van der Waals surface area contributed by atoms with E-state index >= 15 is 0 Å². The van der Waals surface area contributed by atoms with Crippen LogP contribution < -0.4 is 5.32 Å². The average Bonchev–Trinajstić information content (AvgIpc) is 2.45. The minimum absolute atomic E-state index is 0.153. The summed E-state index contributed by atoms with van der Waals surface area (Å²) in [6.07, 6.45) is 0.821. The maximum absolute atomic E-state index is 11.0. The van der Waals surface area contributed by atoms with Crippen LogP contribution in [0, 0.1) is 10.1 Å². The van der Waals surface area contributed by atoms with E-state index < -0.39 is 0 Å². The molecule has 0 aromatic heterocycles. The van der Waals surface area contributed by atoms with Gasteiger partial charge in [0.2, 0.25) is 0 Å². The van der Waals surface area contributed by atoms with E-state index in [0.717, 1.165) is 17.0 Å². The lowest BCUT2D eigenvalue weighted by atomic mass is 10.1. The van der Waals surface area contributed by atoms with E-state index in [4.69, 9.17) is 11.6 Å². The number of halogens is 1. The molecule has 1 unspecified atom stereocenters. The van der Waals surface area contributed by atoms with Gasteiger partial charge in [-0.05, 0) is 31.0 Å². The van der Waals surface area contributed by atoms with Crippen molar-refractivity contribution in [3.8, 4) is 0 Å². The summed E-state index contributed by atoms with van der Waals surface area (Å²) in [5.41, 5.74) is 1.99. The maximum atomic E-state index is 11.0. The Labute approximate surface area is 128 Å². The zero-order chi connectivity index (χ0) is 15.2. The van der Waals surface area contributed by atoms with Gasteiger partial charge in [-0.25, -0.2) is 0 Å². The van der Waals surface area contributed by atoms with Gasteiger partial charge in [0.1, 0.15) is 0 Å². The van der Waals surface area contributed by atoms with Crippen molar-refractivity contribution in [3.05, 3.63) is 74.8 Å². The molecule has 5 heteroatoms. The van der Waals surface area contributed by atoms with Crippen LogP contribution in [0.15, 0.2) is 48.5 Å². The molecular formula is C16H17ClN2O2. The Hall–Kier alpha value is -1.91. The highest BCUT2D eigenvalue weighted by atomic mass is 35.5. The highest BCUT2D eigenvalue weighted by Gasteiger charge is 2.13. The second-order valence-electron chi connectivity index (χ2n) is 5.00. The largest absolute Gasteiger partial charge is 0.310 e. The van der Waals surface area contributed by atoms with Gasteiger partial charge in [0.25, 0.3) is 5.69 Å². The van der Waals surface area contributed by atoms with Crippen LogP contribution >= 0.6 is 11.6 Å². The first kappa shape index (κ1) is 15.5. The molecule has 0 aliphatic rings. The number of nitro benzene ring substituents is 1. The molecule has 1 atom stereocenters. The predicted molar refractivity (Wildman–Crippen MR) is 84.6 cm³/mol. The van der Waals surface area contributed by atoms with E-state index in [2.05, 4.69) is 12.2 Å². The minimum Gasteiger partial charge on any atom is -0.310 e. The number of benzene rings is 2. The fourth-order valence-corrected chi connectivity index (χ4v) is 2.43. The summed E-state index contributed by atoms with van der Waals surface area (Å²) in [6, 6.07) is 14.7. The standard InChI is InChI=1S/C16H17ClN2O2/c1-12(9-13-5-4-7-15(17)10-13)18-11-14-6-2-3-8-16(14)19(20)21/h2-8,10,12,18H,9,11H2,1H3. The van der Waals surface area contributed by atoms with Crippen molar-refractivity contribution in [1.82, 2.24) is 5.32 Å². The molecule has 0 saturated heterocycles. The van der Waals surface area contributed by atoms with Crippen LogP contribution in [0.25, 0.3) is 0 Å². The summed E-state index contributed by atoms with van der Waals surface area (Å²) in [7, 11) is 0. The normalized spacial score (nSPS) is 12.1. The Morgan fingerprint density at radius 3 is 2.71 bits per heavy atom. The molecule has 1 N–H and O–H groups in total. The van der Waals surface area contributed by atoms with E-state index in [-0.39, 0.29) is 16.7 Å². The molecule has 0 heterocycles. The van der Waals surface area contributed by atoms with Gasteiger partial charge in [0, 0.05) is 29.2 Å². The number of hydrogen-bond donors (Lipinski definition) is 1. The van der Waals surface area contributed by atoms with Gasteiger partial charge in [-0.2, -0.15) is 0 Å². The molecule has 4 nitrogen and oxygen atoms in total. The van der Waals surface area contributed by atoms with Crippen molar-refractivity contribution in [2.24, 2.45) is 0 Å². The number of para-hydroxylation sites is 1. The molecular weight excluding hydrogens is 288 g/mol. The lowest BCUT2D eigenvalue weighted by molar-refractivity contribution is -0.385. The molecule has 0 saturated carbocycles. The summed E-state index contributed by atoms with van der Waals surface area (Å²) >= 11 is 5.96. The molecule has 0 aliphatic carbocycles. The first-order valence-electron chi connectivity index (χ1n) is 6.76. The molecule has 2 aromatic rings. The first-order valence-corrected chi connectivity index (χ1v) is 7.14. The lowest BCUT2D eigenvalue weighted by Gasteiger charge is -2.14. The maximum Gasteiger partial charge on any atom is 0.273 e. The SMILES string of the molecule is CC(Cc1cccc(Cl)c1)NCc1ccccc1[N+](=O)[O-]. The van der Waals surface area contributed by atoms with Crippen LogP contribution in [-0.4, -0.2) is 11.0 Å². The van der Waals surface area contributed by atoms with Crippen LogP contribution in [0.2, 0.25) is 5.02 Å². The molecule has 0 amide bonds. The van der Waals surface area contributed by atoms with Crippen molar-refractivity contribution < 1.29 is 4.92 Å². The predicted octanol–water partition coefficient (Wildman–Crippen LogP) is 3.97. The highest BCUT2D eigenvalue weighted by molar-refractivity contribution is 6.30. The van der Waals surface area contributed by atoms with E-state index in [1.54, 1.807) is 12.1 Å². The molecule has 21 heavy (non-hydrogen) atoms. The molecule has 0 spiro atoms. The number of nitrogens with one attached hydrogen (secondary N) is 1. The topological polar surface area (TPSA) is 55.2 Å². The fraction of sp³-hybridized carbons (Fsp3) is 0.250. The van der Waals surface area contributed by atoms with Crippen molar-refractivity contribution in [3.63, 3.8) is 0 Å². The number of rotatable bonds is 6. The Balaban J connectivity index is 1.95. The molecule has 0 bridgehead atoms. The van der Waals surface area contributed by atoms with Crippen LogP contribution in [0.1, 0.15) is 18.1 Å². The van der Waals surface area contributed by atoms with Crippen LogP contribution in [0.5, 0.6) is 0 Å². The van der Waals surface area contributed by atoms with Gasteiger partial charge in [0.05, 0.1) is 4.92 Å². The van der Waals surface area contributed by atoms with E-state index in [1.165, 1.54) is 6.07 Å². The van der Waals surface area contributed by atoms with Crippen molar-refractivity contribution >= 4 is 17.3 Å². The Morgan fingerprint density at radius 1 is 1.24 bits per heavy atom. The van der Waals surface area contributed by atoms with Gasteiger partial charge in [-0.1, -0.05) is 41.9 Å². The van der Waals surface area contributed by atoms with Gasteiger partial charge < -0.3 is 5.32 Å². The average molecular weight is 305 g/mol. The summed E-state index contributed by atoms with van der Waals surface area (Å²) in [6.45, 7) is 2.52. The summed E-state index contributed by atoms with van der Waals surface area (Å²) in [5.74, 6) is 0. The van der Waals surface area contributed by atoms with Crippen molar-refractivity contribution in [2.45, 2.75) is 25.9 Å². The first-order chi connectivity index (χ1) is 10.1. The van der Waals surface area contributed by atoms with E-state index in [1.807, 2.05) is 30.3 Å². The lowest BCUT2D eigenvalue weighted by Crippen LogP contribution is -2.27.